The standard InChI is InChI=1S/C15H24N4O/c1-10-12(16-2)18-14(11-3-4-11)19-13(10)17-9-15(5-6-15)7-8-20/h11,20H,3-9H2,1-2H3,(H2,16,17,18,19). The maximum absolute atomic E-state index is 9.14. The zero-order valence-electron chi connectivity index (χ0n) is 12.4. The number of nitrogens with one attached hydrogen (secondary N) is 2. The molecule has 2 aliphatic carbocycles. The average Bonchev–Trinajstić information content (AvgIpc) is 3.33. The van der Waals surface area contributed by atoms with E-state index in [0.717, 1.165) is 36.0 Å². The lowest BCUT2D eigenvalue weighted by atomic mass is 10.0. The van der Waals surface area contributed by atoms with Gasteiger partial charge in [0.2, 0.25) is 0 Å². The van der Waals surface area contributed by atoms with E-state index in [0.29, 0.717) is 11.3 Å². The van der Waals surface area contributed by atoms with Gasteiger partial charge in [-0.15, -0.1) is 0 Å². The molecule has 1 aromatic rings. The Morgan fingerprint density at radius 3 is 2.50 bits per heavy atom. The van der Waals surface area contributed by atoms with Crippen molar-refractivity contribution >= 4 is 11.6 Å². The molecule has 0 radical (unpaired) electrons. The molecule has 1 aromatic heterocycles. The van der Waals surface area contributed by atoms with Gasteiger partial charge in [0.15, 0.2) is 0 Å². The first-order valence-electron chi connectivity index (χ1n) is 7.58. The van der Waals surface area contributed by atoms with Gasteiger partial charge in [-0.1, -0.05) is 0 Å². The van der Waals surface area contributed by atoms with Crippen LogP contribution in [0.2, 0.25) is 0 Å². The van der Waals surface area contributed by atoms with Crippen LogP contribution in [0.4, 0.5) is 11.6 Å². The molecule has 20 heavy (non-hydrogen) atoms. The predicted octanol–water partition coefficient (Wildman–Crippen LogP) is 2.28. The summed E-state index contributed by atoms with van der Waals surface area (Å²) in [6.07, 6.45) is 5.72. The maximum Gasteiger partial charge on any atom is 0.136 e. The zero-order valence-corrected chi connectivity index (χ0v) is 12.4. The second-order valence-corrected chi connectivity index (χ2v) is 6.26. The summed E-state index contributed by atoms with van der Waals surface area (Å²) in [6.45, 7) is 3.23. The Morgan fingerprint density at radius 1 is 1.25 bits per heavy atom. The molecule has 0 spiro atoms. The Kier molecular flexibility index (Phi) is 3.54. The van der Waals surface area contributed by atoms with Crippen LogP contribution in [0.3, 0.4) is 0 Å². The molecular formula is C15H24N4O. The molecule has 1 heterocycles. The van der Waals surface area contributed by atoms with Gasteiger partial charge in [-0.2, -0.15) is 0 Å². The molecule has 0 atom stereocenters. The molecule has 2 saturated carbocycles. The van der Waals surface area contributed by atoms with E-state index in [1.54, 1.807) is 0 Å². The van der Waals surface area contributed by atoms with Crippen molar-refractivity contribution in [3.8, 4) is 0 Å². The summed E-state index contributed by atoms with van der Waals surface area (Å²) in [5.74, 6) is 3.40. The van der Waals surface area contributed by atoms with Crippen molar-refractivity contribution in [2.24, 2.45) is 5.41 Å². The number of aromatic nitrogens is 2. The highest BCUT2D eigenvalue weighted by atomic mass is 16.3. The van der Waals surface area contributed by atoms with E-state index in [1.165, 1.54) is 25.7 Å². The molecule has 0 saturated heterocycles. The first-order valence-corrected chi connectivity index (χ1v) is 7.58. The second-order valence-electron chi connectivity index (χ2n) is 6.26. The topological polar surface area (TPSA) is 70.1 Å². The second kappa shape index (κ2) is 5.20. The number of nitrogens with zero attached hydrogens (tertiary/aromatic N) is 2. The summed E-state index contributed by atoms with van der Waals surface area (Å²) >= 11 is 0. The lowest BCUT2D eigenvalue weighted by Crippen LogP contribution is -2.19. The lowest BCUT2D eigenvalue weighted by Gasteiger charge is -2.18. The highest BCUT2D eigenvalue weighted by Gasteiger charge is 2.41. The first kappa shape index (κ1) is 13.6. The molecule has 0 bridgehead atoms. The molecule has 5 nitrogen and oxygen atoms in total. The number of anilines is 2. The van der Waals surface area contributed by atoms with Crippen LogP contribution < -0.4 is 10.6 Å². The smallest absolute Gasteiger partial charge is 0.136 e. The van der Waals surface area contributed by atoms with E-state index in [1.807, 2.05) is 7.05 Å². The van der Waals surface area contributed by atoms with E-state index < -0.39 is 0 Å². The molecule has 2 aliphatic rings. The van der Waals surface area contributed by atoms with Crippen molar-refractivity contribution in [1.29, 1.82) is 0 Å². The fourth-order valence-corrected chi connectivity index (χ4v) is 2.67. The lowest BCUT2D eigenvalue weighted by molar-refractivity contribution is 0.253. The maximum atomic E-state index is 9.14. The van der Waals surface area contributed by atoms with Crippen LogP contribution in [-0.2, 0) is 0 Å². The van der Waals surface area contributed by atoms with Crippen LogP contribution in [0.5, 0.6) is 0 Å². The molecule has 0 aliphatic heterocycles. The third-order valence-corrected chi connectivity index (χ3v) is 4.57. The van der Waals surface area contributed by atoms with E-state index in [4.69, 9.17) is 10.1 Å². The number of rotatable bonds is 7. The fraction of sp³-hybridized carbons (Fsp3) is 0.733. The minimum absolute atomic E-state index is 0.277. The minimum atomic E-state index is 0.277. The van der Waals surface area contributed by atoms with Crippen molar-refractivity contribution in [3.05, 3.63) is 11.4 Å². The molecule has 5 heteroatoms. The van der Waals surface area contributed by atoms with Gasteiger partial charge in [0.05, 0.1) is 0 Å². The van der Waals surface area contributed by atoms with Crippen molar-refractivity contribution < 1.29 is 5.11 Å². The monoisotopic (exact) mass is 276 g/mol. The number of aliphatic hydroxyl groups is 1. The summed E-state index contributed by atoms with van der Waals surface area (Å²) in [7, 11) is 1.91. The third kappa shape index (κ3) is 2.73. The van der Waals surface area contributed by atoms with Crippen LogP contribution >= 0.6 is 0 Å². The van der Waals surface area contributed by atoms with Crippen molar-refractivity contribution in [1.82, 2.24) is 9.97 Å². The van der Waals surface area contributed by atoms with Crippen LogP contribution in [0.25, 0.3) is 0 Å². The van der Waals surface area contributed by atoms with Crippen molar-refractivity contribution in [3.63, 3.8) is 0 Å². The van der Waals surface area contributed by atoms with Crippen LogP contribution in [0.1, 0.15) is 49.4 Å². The largest absolute Gasteiger partial charge is 0.396 e. The van der Waals surface area contributed by atoms with E-state index in [2.05, 4.69) is 22.5 Å². The van der Waals surface area contributed by atoms with Gasteiger partial charge in [0.25, 0.3) is 0 Å². The molecular weight excluding hydrogens is 252 g/mol. The molecule has 3 rings (SSSR count). The fourth-order valence-electron chi connectivity index (χ4n) is 2.67. The minimum Gasteiger partial charge on any atom is -0.396 e. The highest BCUT2D eigenvalue weighted by Crippen LogP contribution is 2.48. The molecule has 110 valence electrons. The number of hydrogen-bond acceptors (Lipinski definition) is 5. The van der Waals surface area contributed by atoms with E-state index in [9.17, 15) is 0 Å². The van der Waals surface area contributed by atoms with Gasteiger partial charge in [-0.25, -0.2) is 9.97 Å². The Bertz CT molecular complexity index is 495. The molecule has 0 aromatic carbocycles. The molecule has 2 fully saturated rings. The van der Waals surface area contributed by atoms with Crippen LogP contribution in [0, 0.1) is 12.3 Å². The van der Waals surface area contributed by atoms with Gasteiger partial charge in [-0.3, -0.25) is 0 Å². The van der Waals surface area contributed by atoms with Gasteiger partial charge < -0.3 is 15.7 Å². The third-order valence-electron chi connectivity index (χ3n) is 4.57. The normalized spacial score (nSPS) is 19.8. The Morgan fingerprint density at radius 2 is 1.95 bits per heavy atom. The van der Waals surface area contributed by atoms with E-state index in [-0.39, 0.29) is 6.61 Å². The van der Waals surface area contributed by atoms with Crippen molar-refractivity contribution in [2.75, 3.05) is 30.8 Å². The SMILES string of the molecule is CNc1nc(C2CC2)nc(NCC2(CCO)CC2)c1C. The Hall–Kier alpha value is -1.36. The summed E-state index contributed by atoms with van der Waals surface area (Å²) < 4.78 is 0. The molecule has 3 N–H and O–H groups in total. The summed E-state index contributed by atoms with van der Waals surface area (Å²) in [5, 5.41) is 15.8. The highest BCUT2D eigenvalue weighted by molar-refractivity contribution is 5.57. The number of hydrogen-bond donors (Lipinski definition) is 3. The predicted molar refractivity (Wildman–Crippen MR) is 80.2 cm³/mol. The Labute approximate surface area is 120 Å². The summed E-state index contributed by atoms with van der Waals surface area (Å²) in [6, 6.07) is 0. The average molecular weight is 276 g/mol. The summed E-state index contributed by atoms with van der Waals surface area (Å²) in [4.78, 5) is 9.32. The first-order chi connectivity index (χ1) is 9.67. The van der Waals surface area contributed by atoms with Gasteiger partial charge >= 0.3 is 0 Å². The van der Waals surface area contributed by atoms with Gasteiger partial charge in [0, 0.05) is 31.7 Å². The molecule has 0 amide bonds. The van der Waals surface area contributed by atoms with E-state index >= 15 is 0 Å². The van der Waals surface area contributed by atoms with Gasteiger partial charge in [0.1, 0.15) is 17.5 Å². The summed E-state index contributed by atoms with van der Waals surface area (Å²) in [5.41, 5.74) is 1.38. The number of aliphatic hydroxyl groups excluding tert-OH is 1. The van der Waals surface area contributed by atoms with Crippen LogP contribution in [0.15, 0.2) is 0 Å². The van der Waals surface area contributed by atoms with Crippen LogP contribution in [-0.4, -0.2) is 35.3 Å². The molecule has 0 unspecified atom stereocenters. The van der Waals surface area contributed by atoms with Gasteiger partial charge in [-0.05, 0) is 44.4 Å². The Balaban J connectivity index is 1.75. The van der Waals surface area contributed by atoms with Crippen molar-refractivity contribution in [2.45, 2.75) is 44.9 Å². The quantitative estimate of drug-likeness (QED) is 0.713. The zero-order chi connectivity index (χ0) is 14.2.